The van der Waals surface area contributed by atoms with Gasteiger partial charge in [0, 0.05) is 65.1 Å². The molecule has 660 valence electrons. The Morgan fingerprint density at radius 2 is 0.636 bits per heavy atom. The number of carboxylic acids is 3. The number of aliphatic hydroxyl groups excluding tert-OH is 5. The normalized spacial score (nSPS) is 10.6. The molecule has 3 heterocycles. The summed E-state index contributed by atoms with van der Waals surface area (Å²) in [5.41, 5.74) is 0. The SMILES string of the molecule is C.C.C.C.C.C.C.C.C.C.C.C.C.C.C.C.C.C.C.C.C.C1COC(C2=NCCO2)=N1.CB=O.CC(OC(=O)CCCCO)C(=O)O.CC(OC(=O)CCCCOC(=O)CCC(=O)O)C(=O)OCCCO.CC(OC(=O)CCCCOC(=O)CCC(=O)O)C(=O)OCCCO.O=C1CCC(=O)O1.OCCCO. The first-order chi connectivity index (χ1) is 40.9. The van der Waals surface area contributed by atoms with Crippen LogP contribution in [0.3, 0.4) is 0 Å². The number of nitrogens with zero attached hydrogens (tertiary/aromatic N) is 2. The van der Waals surface area contributed by atoms with Crippen molar-refractivity contribution in [2.45, 2.75) is 317 Å². The number of aliphatic hydroxyl groups is 5. The average molecular weight is 1580 g/mol. The van der Waals surface area contributed by atoms with Crippen LogP contribution in [0.5, 0.6) is 0 Å². The molecule has 1 saturated heterocycles. The molecule has 0 saturated carbocycles. The molecular weight excluding hydrogens is 1410 g/mol. The molecule has 33 nitrogen and oxygen atoms in total. The van der Waals surface area contributed by atoms with Gasteiger partial charge >= 0.3 is 90.3 Å². The molecule has 3 atom stereocenters. The maximum atomic E-state index is 11.5. The number of cyclic esters (lactones) is 2. The van der Waals surface area contributed by atoms with Gasteiger partial charge in [-0.3, -0.25) is 43.2 Å². The molecule has 0 aromatic rings. The number of carbonyl (C=O) groups excluding carboxylic acids is 9. The maximum Gasteiger partial charge on any atom is 0.347 e. The van der Waals surface area contributed by atoms with E-state index in [9.17, 15) is 57.5 Å². The van der Waals surface area contributed by atoms with Crippen molar-refractivity contribution in [3.05, 3.63) is 0 Å². The van der Waals surface area contributed by atoms with Gasteiger partial charge in [0.05, 0.1) is 78.0 Å². The predicted molar refractivity (Wildman–Crippen MR) is 433 cm³/mol. The van der Waals surface area contributed by atoms with Crippen molar-refractivity contribution in [2.24, 2.45) is 9.98 Å². The van der Waals surface area contributed by atoms with Crippen LogP contribution in [-0.4, -0.2) is 236 Å². The summed E-state index contributed by atoms with van der Waals surface area (Å²) in [5, 5.41) is 66.5. The molecule has 3 aliphatic rings. The number of aliphatic carboxylic acids is 3. The number of rotatable bonds is 35. The van der Waals surface area contributed by atoms with Crippen LogP contribution < -0.4 is 0 Å². The fourth-order valence-electron chi connectivity index (χ4n) is 5.12. The van der Waals surface area contributed by atoms with E-state index < -0.39 is 89.9 Å². The number of carboxylic acid groups (broad SMARTS) is 3. The van der Waals surface area contributed by atoms with Crippen LogP contribution in [0.1, 0.15) is 292 Å². The number of hydrogen-bond donors (Lipinski definition) is 8. The molecule has 0 bridgehead atoms. The van der Waals surface area contributed by atoms with E-state index in [4.69, 9.17) is 83.5 Å². The Balaban J connectivity index is -0.0000000329. The summed E-state index contributed by atoms with van der Waals surface area (Å²) in [6, 6.07) is 0. The summed E-state index contributed by atoms with van der Waals surface area (Å²) in [5.74, 6) is -7.16. The van der Waals surface area contributed by atoms with E-state index in [0.717, 1.165) is 20.2 Å². The number of ether oxygens (including phenoxy) is 10. The second-order valence-electron chi connectivity index (χ2n) is 17.0. The van der Waals surface area contributed by atoms with E-state index in [1.54, 1.807) is 0 Å². The molecule has 0 aromatic carbocycles. The summed E-state index contributed by atoms with van der Waals surface area (Å²) < 4.78 is 56.6. The summed E-state index contributed by atoms with van der Waals surface area (Å²) in [6.45, 7) is 8.65. The molecular formula is C73H169BN2O31. The van der Waals surface area contributed by atoms with E-state index in [1.807, 2.05) is 0 Å². The van der Waals surface area contributed by atoms with Crippen LogP contribution in [-0.2, 0) is 110 Å². The van der Waals surface area contributed by atoms with Gasteiger partial charge in [-0.05, 0) is 65.7 Å². The van der Waals surface area contributed by atoms with Gasteiger partial charge in [0.15, 0.2) is 18.3 Å². The van der Waals surface area contributed by atoms with Crippen LogP contribution in [0.15, 0.2) is 9.98 Å². The van der Waals surface area contributed by atoms with Crippen molar-refractivity contribution < 1.29 is 150 Å². The summed E-state index contributed by atoms with van der Waals surface area (Å²) >= 11 is 0. The zero-order valence-electron chi connectivity index (χ0n) is 49.1. The van der Waals surface area contributed by atoms with Gasteiger partial charge in [0.2, 0.25) is 0 Å². The van der Waals surface area contributed by atoms with Gasteiger partial charge in [-0.25, -0.2) is 24.4 Å². The third-order valence-electron chi connectivity index (χ3n) is 9.41. The van der Waals surface area contributed by atoms with Crippen LogP contribution in [0, 0.1) is 0 Å². The predicted octanol–water partition coefficient (Wildman–Crippen LogP) is 13.5. The van der Waals surface area contributed by atoms with Crippen molar-refractivity contribution in [3.63, 3.8) is 0 Å². The molecule has 3 rings (SSSR count). The van der Waals surface area contributed by atoms with Crippen molar-refractivity contribution in [2.75, 3.05) is 85.8 Å². The third kappa shape index (κ3) is 123. The van der Waals surface area contributed by atoms with E-state index >= 15 is 0 Å². The van der Waals surface area contributed by atoms with Crippen molar-refractivity contribution >= 4 is 90.6 Å². The van der Waals surface area contributed by atoms with Crippen LogP contribution in [0.25, 0.3) is 0 Å². The van der Waals surface area contributed by atoms with Crippen LogP contribution >= 0.6 is 0 Å². The molecule has 3 aliphatic heterocycles. The zero-order chi connectivity index (χ0) is 65.9. The van der Waals surface area contributed by atoms with Gasteiger partial charge in [0.25, 0.3) is 11.8 Å². The molecule has 8 N–H and O–H groups in total. The molecule has 0 spiro atoms. The first kappa shape index (κ1) is 174. The molecule has 34 heteroatoms. The first-order valence-electron chi connectivity index (χ1n) is 27.3. The molecule has 0 amide bonds. The minimum atomic E-state index is -1.16. The molecule has 1 fully saturated rings. The van der Waals surface area contributed by atoms with E-state index in [2.05, 4.69) is 19.5 Å². The average Bonchev–Trinajstić information content (AvgIpc) is 1.77. The summed E-state index contributed by atoms with van der Waals surface area (Å²) in [6.07, 6.45) is 0.526. The topological polar surface area (TPSA) is 501 Å². The Morgan fingerprint density at radius 1 is 0.374 bits per heavy atom. The molecule has 0 aromatic heterocycles. The van der Waals surface area contributed by atoms with Crippen LogP contribution in [0.2, 0.25) is 6.82 Å². The van der Waals surface area contributed by atoms with Crippen molar-refractivity contribution in [1.29, 1.82) is 0 Å². The fourth-order valence-corrected chi connectivity index (χ4v) is 5.12. The number of unbranched alkanes of at least 4 members (excludes halogenated alkanes) is 3. The van der Waals surface area contributed by atoms with Gasteiger partial charge in [0.1, 0.15) is 13.2 Å². The quantitative estimate of drug-likeness (QED) is 0.00960. The Morgan fingerprint density at radius 3 is 0.850 bits per heavy atom. The molecule has 107 heavy (non-hydrogen) atoms. The van der Waals surface area contributed by atoms with Gasteiger partial charge in [-0.2, -0.15) is 0 Å². The van der Waals surface area contributed by atoms with Gasteiger partial charge < -0.3 is 88.2 Å². The smallest absolute Gasteiger partial charge is 0.347 e. The standard InChI is InChI=1S/2C15H24O9.C8H14O5.C6H8N2O2.C4H4O3.C3H8O2.CH3BO.21CH4/c2*1-11(15(21)23-10-4-8-16)24-14(20)5-2-3-9-22-13(19)7-6-12(17)18;1-6(8(11)12)13-7(10)4-2-3-5-9;1-3-9-5(7-1)6-8-2-4-10-6;5-3-1-2-4(6)7-3;4-2-1-3-5;1-2-3;;;;;;;;;;;;;;;;;;;;;/h2*11,16H,2-10H2,1H3,(H,17,18);6,9H,2-5H2,1H3,(H,11,12);1-4H2;1-2H2;4-5H,1-3H2;1H3;21*1H4. The summed E-state index contributed by atoms with van der Waals surface area (Å²) in [7, 11) is 0.750. The zero-order valence-corrected chi connectivity index (χ0v) is 49.1. The minimum absolute atomic E-state index is 0. The number of aliphatic imine (C=N–C) groups is 2. The first-order valence-corrected chi connectivity index (χ1v) is 27.3. The second kappa shape index (κ2) is 122. The summed E-state index contributed by atoms with van der Waals surface area (Å²) in [4.78, 5) is 138. The fraction of sp³-hybridized carbons (Fsp3) is 0.808. The maximum absolute atomic E-state index is 11.5. The number of esters is 9. The molecule has 0 aliphatic carbocycles. The largest absolute Gasteiger partial charge is 0.481 e. The third-order valence-corrected chi connectivity index (χ3v) is 9.41. The Bertz CT molecular complexity index is 1950. The number of hydrogen-bond acceptors (Lipinski definition) is 30. The molecule has 0 radical (unpaired) electrons. The minimum Gasteiger partial charge on any atom is -0.481 e. The Kier molecular flexibility index (Phi) is 199. The van der Waals surface area contributed by atoms with E-state index in [0.29, 0.717) is 82.8 Å². The Labute approximate surface area is 652 Å². The van der Waals surface area contributed by atoms with Gasteiger partial charge in [-0.1, -0.05) is 156 Å². The van der Waals surface area contributed by atoms with E-state index in [-0.39, 0.29) is 273 Å². The van der Waals surface area contributed by atoms with Gasteiger partial charge in [-0.15, -0.1) is 0 Å². The van der Waals surface area contributed by atoms with Crippen molar-refractivity contribution in [1.82, 2.24) is 0 Å². The second-order valence-corrected chi connectivity index (χ2v) is 17.0. The van der Waals surface area contributed by atoms with Crippen LogP contribution in [0.4, 0.5) is 0 Å². The Hall–Kier alpha value is -7.56. The van der Waals surface area contributed by atoms with E-state index in [1.165, 1.54) is 27.6 Å². The molecule has 3 unspecified atom stereocenters. The van der Waals surface area contributed by atoms with Crippen molar-refractivity contribution in [3.8, 4) is 0 Å². The number of carbonyl (C=O) groups is 12. The monoisotopic (exact) mass is 1580 g/mol.